The highest BCUT2D eigenvalue weighted by Crippen LogP contribution is 2.41. The monoisotopic (exact) mass is 586 g/mol. The van der Waals surface area contributed by atoms with Gasteiger partial charge in [0.25, 0.3) is 0 Å². The van der Waals surface area contributed by atoms with Crippen molar-refractivity contribution < 1.29 is 40.3 Å². The molecule has 0 bridgehead atoms. The summed E-state index contributed by atoms with van der Waals surface area (Å²) >= 11 is 0. The van der Waals surface area contributed by atoms with Crippen LogP contribution in [-0.2, 0) is 17.1 Å². The number of alkyl halides is 6. The molecule has 2 heterocycles. The van der Waals surface area contributed by atoms with Crippen molar-refractivity contribution in [2.75, 3.05) is 31.1 Å². The van der Waals surface area contributed by atoms with Crippen molar-refractivity contribution in [2.45, 2.75) is 56.0 Å². The Labute approximate surface area is 231 Å². The molecule has 2 atom stereocenters. The first kappa shape index (κ1) is 29.2. The summed E-state index contributed by atoms with van der Waals surface area (Å²) in [5.41, 5.74) is 3.11. The van der Waals surface area contributed by atoms with Crippen LogP contribution in [0.4, 0.5) is 41.2 Å². The van der Waals surface area contributed by atoms with E-state index in [2.05, 4.69) is 0 Å². The molecule has 0 spiro atoms. The van der Waals surface area contributed by atoms with Gasteiger partial charge in [0.2, 0.25) is 5.91 Å². The second-order valence-corrected chi connectivity index (χ2v) is 11.0. The van der Waals surface area contributed by atoms with Crippen LogP contribution in [0.1, 0.15) is 48.3 Å². The maximum Gasteiger partial charge on any atom is 0.416 e. The van der Waals surface area contributed by atoms with Gasteiger partial charge in [-0.1, -0.05) is 12.1 Å². The topological polar surface area (TPSA) is 69.9 Å². The van der Waals surface area contributed by atoms with E-state index in [0.717, 1.165) is 4.90 Å². The maximum absolute atomic E-state index is 13.7. The van der Waals surface area contributed by atoms with Crippen LogP contribution in [0.2, 0.25) is 0 Å². The van der Waals surface area contributed by atoms with Crippen molar-refractivity contribution in [2.24, 2.45) is 11.7 Å². The quantitative estimate of drug-likeness (QED) is 0.474. The first-order chi connectivity index (χ1) is 19.2. The van der Waals surface area contributed by atoms with E-state index in [1.807, 2.05) is 0 Å². The number of carbonyl (C=O) groups is 2. The summed E-state index contributed by atoms with van der Waals surface area (Å²) in [5.74, 6) is -1.20. The number of urea groups is 1. The number of carbonyl (C=O) groups excluding carboxylic acids is 2. The van der Waals surface area contributed by atoms with Gasteiger partial charge in [0.1, 0.15) is 5.82 Å². The summed E-state index contributed by atoms with van der Waals surface area (Å²) in [6.07, 6.45) is -7.41. The zero-order chi connectivity index (χ0) is 29.7. The van der Waals surface area contributed by atoms with Gasteiger partial charge in [-0.05, 0) is 61.6 Å². The highest BCUT2D eigenvalue weighted by molar-refractivity contribution is 5.95. The van der Waals surface area contributed by atoms with E-state index in [1.165, 1.54) is 17.0 Å². The SMILES string of the molecule is NC1CCC(C(=O)N2C[C@@H](N3CCN(c4cc(C(F)(F)F)cc(C(F)(F)F)c4)C3=O)[C@H](c3ccc(F)cc3)C2)CC1. The van der Waals surface area contributed by atoms with Gasteiger partial charge in [-0.25, -0.2) is 9.18 Å². The van der Waals surface area contributed by atoms with Gasteiger partial charge in [-0.2, -0.15) is 26.3 Å². The molecule has 2 aromatic rings. The fourth-order valence-corrected chi connectivity index (χ4v) is 6.14. The fourth-order valence-electron chi connectivity index (χ4n) is 6.14. The Morgan fingerprint density at radius 3 is 1.98 bits per heavy atom. The molecule has 2 aromatic carbocycles. The zero-order valence-corrected chi connectivity index (χ0v) is 21.9. The average molecular weight is 587 g/mol. The fraction of sp³-hybridized carbons (Fsp3) is 0.500. The molecule has 2 N–H and O–H groups in total. The third-order valence-electron chi connectivity index (χ3n) is 8.35. The summed E-state index contributed by atoms with van der Waals surface area (Å²) in [6, 6.07) is 5.40. The minimum Gasteiger partial charge on any atom is -0.340 e. The van der Waals surface area contributed by atoms with Crippen LogP contribution in [0.15, 0.2) is 42.5 Å². The van der Waals surface area contributed by atoms with Crippen LogP contribution >= 0.6 is 0 Å². The lowest BCUT2D eigenvalue weighted by atomic mass is 9.85. The van der Waals surface area contributed by atoms with Crippen LogP contribution in [0.5, 0.6) is 0 Å². The van der Waals surface area contributed by atoms with Gasteiger partial charge >= 0.3 is 18.4 Å². The van der Waals surface area contributed by atoms with Gasteiger partial charge in [0.15, 0.2) is 0 Å². The van der Waals surface area contributed by atoms with Gasteiger partial charge in [-0.3, -0.25) is 9.69 Å². The number of likely N-dealkylation sites (tertiary alicyclic amines) is 1. The Morgan fingerprint density at radius 2 is 1.41 bits per heavy atom. The Balaban J connectivity index is 1.43. The predicted molar refractivity (Wildman–Crippen MR) is 135 cm³/mol. The van der Waals surface area contributed by atoms with Crippen molar-refractivity contribution in [1.29, 1.82) is 0 Å². The number of benzene rings is 2. The van der Waals surface area contributed by atoms with Crippen LogP contribution < -0.4 is 10.6 Å². The number of nitrogens with zero attached hydrogens (tertiary/aromatic N) is 3. The lowest BCUT2D eigenvalue weighted by Crippen LogP contribution is -2.44. The Kier molecular flexibility index (Phi) is 7.68. The number of rotatable bonds is 4. The van der Waals surface area contributed by atoms with E-state index in [9.17, 15) is 40.3 Å². The lowest BCUT2D eigenvalue weighted by Gasteiger charge is -2.30. The van der Waals surface area contributed by atoms with Crippen LogP contribution in [-0.4, -0.2) is 60.0 Å². The molecular formula is C28H29F7N4O2. The van der Waals surface area contributed by atoms with Gasteiger partial charge in [0.05, 0.1) is 17.2 Å². The van der Waals surface area contributed by atoms with Crippen molar-refractivity contribution in [3.8, 4) is 0 Å². The molecule has 0 aromatic heterocycles. The maximum atomic E-state index is 13.7. The average Bonchev–Trinajstić information content (AvgIpc) is 3.51. The number of hydrogen-bond acceptors (Lipinski definition) is 3. The molecule has 41 heavy (non-hydrogen) atoms. The van der Waals surface area contributed by atoms with E-state index < -0.39 is 53.0 Å². The van der Waals surface area contributed by atoms with Crippen LogP contribution in [0, 0.1) is 11.7 Å². The first-order valence-electron chi connectivity index (χ1n) is 13.4. The molecule has 6 nitrogen and oxygen atoms in total. The first-order valence-corrected chi connectivity index (χ1v) is 13.4. The Morgan fingerprint density at radius 1 is 0.829 bits per heavy atom. The van der Waals surface area contributed by atoms with Crippen molar-refractivity contribution in [3.05, 3.63) is 65.0 Å². The van der Waals surface area contributed by atoms with E-state index in [-0.39, 0.29) is 50.1 Å². The second kappa shape index (κ2) is 10.8. The largest absolute Gasteiger partial charge is 0.416 e. The van der Waals surface area contributed by atoms with Gasteiger partial charge < -0.3 is 15.5 Å². The van der Waals surface area contributed by atoms with Crippen LogP contribution in [0.3, 0.4) is 0 Å². The summed E-state index contributed by atoms with van der Waals surface area (Å²) in [7, 11) is 0. The molecule has 3 fully saturated rings. The highest BCUT2D eigenvalue weighted by atomic mass is 19.4. The summed E-state index contributed by atoms with van der Waals surface area (Å²) < 4.78 is 94.4. The van der Waals surface area contributed by atoms with Crippen molar-refractivity contribution in [3.63, 3.8) is 0 Å². The third kappa shape index (κ3) is 6.00. The molecule has 222 valence electrons. The molecule has 3 aliphatic rings. The number of anilines is 1. The molecule has 0 radical (unpaired) electrons. The number of nitrogens with two attached hydrogens (primary N) is 1. The zero-order valence-electron chi connectivity index (χ0n) is 21.9. The number of halogens is 7. The molecular weight excluding hydrogens is 557 g/mol. The highest BCUT2D eigenvalue weighted by Gasteiger charge is 2.46. The summed E-state index contributed by atoms with van der Waals surface area (Å²) in [4.78, 5) is 31.0. The molecule has 3 amide bonds. The van der Waals surface area contributed by atoms with E-state index in [0.29, 0.717) is 43.4 Å². The normalized spacial score (nSPS) is 25.8. The molecule has 2 aliphatic heterocycles. The standard InChI is InChI=1S/C28H29F7N4O2/c29-20-5-1-16(2-6-20)23-14-37(25(40)17-3-7-21(36)8-4-17)15-24(23)39-10-9-38(26(39)41)22-12-18(27(30,31)32)11-19(13-22)28(33,34)35/h1-2,5-6,11-13,17,21,23-24H,3-4,7-10,14-15,36H2/t17?,21?,23-,24+/m0/s1. The van der Waals surface area contributed by atoms with Gasteiger partial charge in [0, 0.05) is 49.7 Å². The second-order valence-electron chi connectivity index (χ2n) is 11.0. The minimum atomic E-state index is -5.05. The lowest BCUT2D eigenvalue weighted by molar-refractivity contribution is -0.143. The third-order valence-corrected chi connectivity index (χ3v) is 8.35. The minimum absolute atomic E-state index is 0.0188. The van der Waals surface area contributed by atoms with Gasteiger partial charge in [-0.15, -0.1) is 0 Å². The Hall–Kier alpha value is -3.35. The number of hydrogen-bond donors (Lipinski definition) is 1. The van der Waals surface area contributed by atoms with Crippen molar-refractivity contribution >= 4 is 17.6 Å². The molecule has 5 rings (SSSR count). The van der Waals surface area contributed by atoms with E-state index in [4.69, 9.17) is 5.73 Å². The van der Waals surface area contributed by atoms with Crippen LogP contribution in [0.25, 0.3) is 0 Å². The predicted octanol–water partition coefficient (Wildman–Crippen LogP) is 5.62. The molecule has 13 heteroatoms. The summed E-state index contributed by atoms with van der Waals surface area (Å²) in [6.45, 7) is 0.264. The molecule has 1 aliphatic carbocycles. The molecule has 0 unspecified atom stereocenters. The van der Waals surface area contributed by atoms with E-state index in [1.54, 1.807) is 17.0 Å². The smallest absolute Gasteiger partial charge is 0.340 e. The molecule has 1 saturated carbocycles. The van der Waals surface area contributed by atoms with Crippen molar-refractivity contribution in [1.82, 2.24) is 9.80 Å². The number of amides is 3. The van der Waals surface area contributed by atoms with E-state index >= 15 is 0 Å². The Bertz CT molecular complexity index is 1260. The molecule has 2 saturated heterocycles. The summed E-state index contributed by atoms with van der Waals surface area (Å²) in [5, 5.41) is 0.